The van der Waals surface area contributed by atoms with E-state index in [0.29, 0.717) is 5.92 Å². The average molecular weight is 310 g/mol. The van der Waals surface area contributed by atoms with E-state index in [9.17, 15) is 14.7 Å². The Morgan fingerprint density at radius 2 is 1.59 bits per heavy atom. The van der Waals surface area contributed by atoms with Gasteiger partial charge < -0.3 is 15.7 Å². The van der Waals surface area contributed by atoms with Gasteiger partial charge in [-0.2, -0.15) is 0 Å². The number of carbonyl (C=O) groups excluding carboxylic acids is 2. The number of nitrogens with one attached hydrogen (secondary N) is 2. The van der Waals surface area contributed by atoms with Crippen molar-refractivity contribution >= 4 is 11.8 Å². The summed E-state index contributed by atoms with van der Waals surface area (Å²) >= 11 is 0. The molecule has 0 heterocycles. The van der Waals surface area contributed by atoms with Crippen molar-refractivity contribution in [3.63, 3.8) is 0 Å². The molecule has 0 aliphatic heterocycles. The number of amides is 2. The molecular weight excluding hydrogens is 280 g/mol. The van der Waals surface area contributed by atoms with E-state index in [-0.39, 0.29) is 23.8 Å². The first-order valence-corrected chi connectivity index (χ1v) is 8.67. The van der Waals surface area contributed by atoms with Crippen molar-refractivity contribution in [1.82, 2.24) is 10.6 Å². The largest absolute Gasteiger partial charge is 0.391 e. The maximum Gasteiger partial charge on any atom is 0.245 e. The molecule has 5 heteroatoms. The van der Waals surface area contributed by atoms with Crippen molar-refractivity contribution in [2.24, 2.45) is 17.8 Å². The van der Waals surface area contributed by atoms with Crippen LogP contribution in [0, 0.1) is 17.8 Å². The third-order valence-corrected chi connectivity index (χ3v) is 5.07. The molecule has 0 bridgehead atoms. The minimum absolute atomic E-state index is 0.0375. The summed E-state index contributed by atoms with van der Waals surface area (Å²) in [7, 11) is 0. The molecule has 2 atom stereocenters. The first-order chi connectivity index (χ1) is 10.4. The van der Waals surface area contributed by atoms with E-state index in [2.05, 4.69) is 24.5 Å². The van der Waals surface area contributed by atoms with Gasteiger partial charge in [0.2, 0.25) is 11.8 Å². The zero-order chi connectivity index (χ0) is 16.3. The Bertz CT molecular complexity index is 397. The second-order valence-corrected chi connectivity index (χ2v) is 7.37. The molecular formula is C17H30N2O3. The lowest BCUT2D eigenvalue weighted by atomic mass is 9.79. The van der Waals surface area contributed by atoms with Gasteiger partial charge in [-0.3, -0.25) is 9.59 Å². The number of carbonyl (C=O) groups is 2. The van der Waals surface area contributed by atoms with E-state index in [4.69, 9.17) is 0 Å². The van der Waals surface area contributed by atoms with Gasteiger partial charge in [0.15, 0.2) is 0 Å². The summed E-state index contributed by atoms with van der Waals surface area (Å²) in [6.45, 7) is 6.05. The van der Waals surface area contributed by atoms with Gasteiger partial charge >= 0.3 is 0 Å². The van der Waals surface area contributed by atoms with E-state index in [1.165, 1.54) is 0 Å². The SMILES string of the molecule is CC(C)C1CCC(NC(=O)C(NC(=O)C2CC2)C(C)O)CC1. The van der Waals surface area contributed by atoms with Gasteiger partial charge in [-0.05, 0) is 57.3 Å². The Kier molecular flexibility index (Phi) is 5.84. The molecule has 0 saturated heterocycles. The van der Waals surface area contributed by atoms with Crippen LogP contribution in [-0.4, -0.2) is 35.1 Å². The summed E-state index contributed by atoms with van der Waals surface area (Å²) in [5, 5.41) is 15.5. The van der Waals surface area contributed by atoms with Crippen LogP contribution in [0.4, 0.5) is 0 Å². The summed E-state index contributed by atoms with van der Waals surface area (Å²) < 4.78 is 0. The highest BCUT2D eigenvalue weighted by molar-refractivity contribution is 5.89. The van der Waals surface area contributed by atoms with Gasteiger partial charge in [0, 0.05) is 12.0 Å². The maximum absolute atomic E-state index is 12.4. The molecule has 2 aliphatic carbocycles. The first kappa shape index (κ1) is 17.3. The Hall–Kier alpha value is -1.10. The molecule has 0 aromatic rings. The summed E-state index contributed by atoms with van der Waals surface area (Å²) in [4.78, 5) is 24.2. The van der Waals surface area contributed by atoms with Crippen LogP contribution in [0.3, 0.4) is 0 Å². The van der Waals surface area contributed by atoms with Gasteiger partial charge in [0.05, 0.1) is 6.10 Å². The Balaban J connectivity index is 1.82. The van der Waals surface area contributed by atoms with Crippen LogP contribution in [0.2, 0.25) is 0 Å². The van der Waals surface area contributed by atoms with E-state index in [1.807, 2.05) is 0 Å². The van der Waals surface area contributed by atoms with Gasteiger partial charge in [-0.15, -0.1) is 0 Å². The van der Waals surface area contributed by atoms with Crippen LogP contribution in [0.15, 0.2) is 0 Å². The van der Waals surface area contributed by atoms with Crippen LogP contribution in [0.25, 0.3) is 0 Å². The van der Waals surface area contributed by atoms with Crippen LogP contribution >= 0.6 is 0 Å². The summed E-state index contributed by atoms with van der Waals surface area (Å²) in [6.07, 6.45) is 5.13. The number of aliphatic hydroxyl groups is 1. The van der Waals surface area contributed by atoms with Gasteiger partial charge in [0.1, 0.15) is 6.04 Å². The molecule has 5 nitrogen and oxygen atoms in total. The quantitative estimate of drug-likeness (QED) is 0.697. The Morgan fingerprint density at radius 3 is 2.05 bits per heavy atom. The number of aliphatic hydroxyl groups excluding tert-OH is 1. The minimum atomic E-state index is -0.880. The fraction of sp³-hybridized carbons (Fsp3) is 0.882. The lowest BCUT2D eigenvalue weighted by Gasteiger charge is -2.32. The molecule has 0 spiro atoms. The van der Waals surface area contributed by atoms with E-state index < -0.39 is 12.1 Å². The fourth-order valence-corrected chi connectivity index (χ4v) is 3.24. The van der Waals surface area contributed by atoms with Crippen molar-refractivity contribution in [2.45, 2.75) is 77.5 Å². The summed E-state index contributed by atoms with van der Waals surface area (Å²) in [5.41, 5.74) is 0. The second kappa shape index (κ2) is 7.44. The second-order valence-electron chi connectivity index (χ2n) is 7.37. The van der Waals surface area contributed by atoms with Crippen LogP contribution in [-0.2, 0) is 9.59 Å². The zero-order valence-electron chi connectivity index (χ0n) is 14.0. The highest BCUT2D eigenvalue weighted by Crippen LogP contribution is 2.30. The molecule has 2 fully saturated rings. The Labute approximate surface area is 133 Å². The summed E-state index contributed by atoms with van der Waals surface area (Å²) in [5.74, 6) is 1.12. The van der Waals surface area contributed by atoms with Crippen molar-refractivity contribution in [3.8, 4) is 0 Å². The molecule has 2 aliphatic rings. The van der Waals surface area contributed by atoms with Crippen molar-refractivity contribution in [3.05, 3.63) is 0 Å². The Morgan fingerprint density at radius 1 is 1.00 bits per heavy atom. The molecule has 0 aromatic carbocycles. The molecule has 0 aromatic heterocycles. The highest BCUT2D eigenvalue weighted by atomic mass is 16.3. The molecule has 126 valence electrons. The monoisotopic (exact) mass is 310 g/mol. The number of rotatable bonds is 6. The van der Waals surface area contributed by atoms with E-state index in [0.717, 1.165) is 44.4 Å². The van der Waals surface area contributed by atoms with Crippen molar-refractivity contribution in [1.29, 1.82) is 0 Å². The predicted octanol–water partition coefficient (Wildman–Crippen LogP) is 1.59. The molecule has 3 N–H and O–H groups in total. The molecule has 2 amide bonds. The van der Waals surface area contributed by atoms with Crippen LogP contribution < -0.4 is 10.6 Å². The highest BCUT2D eigenvalue weighted by Gasteiger charge is 2.35. The molecule has 2 unspecified atom stereocenters. The third-order valence-electron chi connectivity index (χ3n) is 5.07. The van der Waals surface area contributed by atoms with Crippen molar-refractivity contribution in [2.75, 3.05) is 0 Å². The average Bonchev–Trinajstić information content (AvgIpc) is 3.29. The van der Waals surface area contributed by atoms with Gasteiger partial charge in [-0.1, -0.05) is 13.8 Å². The summed E-state index contributed by atoms with van der Waals surface area (Å²) in [6, 6.07) is -0.669. The lowest BCUT2D eigenvalue weighted by molar-refractivity contribution is -0.132. The van der Waals surface area contributed by atoms with E-state index in [1.54, 1.807) is 6.92 Å². The van der Waals surface area contributed by atoms with Gasteiger partial charge in [0.25, 0.3) is 0 Å². The van der Waals surface area contributed by atoms with E-state index >= 15 is 0 Å². The first-order valence-electron chi connectivity index (χ1n) is 8.67. The van der Waals surface area contributed by atoms with Crippen LogP contribution in [0.1, 0.15) is 59.3 Å². The topological polar surface area (TPSA) is 78.4 Å². The molecule has 0 radical (unpaired) electrons. The van der Waals surface area contributed by atoms with Gasteiger partial charge in [-0.25, -0.2) is 0 Å². The standard InChI is InChI=1S/C17H30N2O3/c1-10(2)12-6-8-14(9-7-12)18-17(22)15(11(3)20)19-16(21)13-4-5-13/h10-15,20H,4-9H2,1-3H3,(H,18,22)(H,19,21). The maximum atomic E-state index is 12.4. The molecule has 2 saturated carbocycles. The fourth-order valence-electron chi connectivity index (χ4n) is 3.24. The molecule has 2 rings (SSSR count). The van der Waals surface area contributed by atoms with Crippen LogP contribution in [0.5, 0.6) is 0 Å². The predicted molar refractivity (Wildman–Crippen MR) is 85.1 cm³/mol. The zero-order valence-corrected chi connectivity index (χ0v) is 14.0. The number of hydrogen-bond donors (Lipinski definition) is 3. The molecule has 22 heavy (non-hydrogen) atoms. The lowest BCUT2D eigenvalue weighted by Crippen LogP contribution is -2.55. The smallest absolute Gasteiger partial charge is 0.245 e. The minimum Gasteiger partial charge on any atom is -0.391 e. The van der Waals surface area contributed by atoms with Crippen molar-refractivity contribution < 1.29 is 14.7 Å². The third kappa shape index (κ3) is 4.70. The number of hydrogen-bond acceptors (Lipinski definition) is 3. The normalized spacial score (nSPS) is 28.0.